The zero-order chi connectivity index (χ0) is 18.8. The molecular formula is C18H18N4O4S. The molecule has 27 heavy (non-hydrogen) atoms. The molecule has 140 valence electrons. The summed E-state index contributed by atoms with van der Waals surface area (Å²) < 4.78 is 17.8. The van der Waals surface area contributed by atoms with E-state index in [9.17, 15) is 4.79 Å². The number of ether oxygens (including phenoxy) is 2. The molecular weight excluding hydrogens is 368 g/mol. The Kier molecular flexibility index (Phi) is 4.76. The second-order valence-corrected chi connectivity index (χ2v) is 6.95. The minimum absolute atomic E-state index is 0.0818. The Morgan fingerprint density at radius 2 is 2.11 bits per heavy atom. The van der Waals surface area contributed by atoms with Gasteiger partial charge in [0.25, 0.3) is 0 Å². The van der Waals surface area contributed by atoms with Crippen LogP contribution in [0.3, 0.4) is 0 Å². The van der Waals surface area contributed by atoms with Crippen LogP contribution in [0, 0.1) is 6.92 Å². The molecule has 0 radical (unpaired) electrons. The number of nitrogens with zero attached hydrogens (tertiary/aromatic N) is 3. The SMILES string of the molecule is Cc1occc1-c1nnc(SCC(=O)NCc2ccc3c(c2)OCO3)n1C. The van der Waals surface area contributed by atoms with E-state index in [2.05, 4.69) is 15.5 Å². The number of fused-ring (bicyclic) bond motifs is 1. The van der Waals surface area contributed by atoms with Crippen LogP contribution in [0.4, 0.5) is 0 Å². The lowest BCUT2D eigenvalue weighted by Crippen LogP contribution is -2.24. The first-order valence-corrected chi connectivity index (χ1v) is 9.32. The van der Waals surface area contributed by atoms with E-state index in [0.717, 1.165) is 22.6 Å². The van der Waals surface area contributed by atoms with Gasteiger partial charge in [-0.2, -0.15) is 0 Å². The number of hydrogen-bond acceptors (Lipinski definition) is 7. The Bertz CT molecular complexity index is 982. The van der Waals surface area contributed by atoms with Crippen molar-refractivity contribution in [3.63, 3.8) is 0 Å². The molecule has 0 fully saturated rings. The summed E-state index contributed by atoms with van der Waals surface area (Å²) in [6.45, 7) is 2.54. The molecule has 0 saturated heterocycles. The van der Waals surface area contributed by atoms with Gasteiger partial charge in [0.05, 0.1) is 17.6 Å². The summed E-state index contributed by atoms with van der Waals surface area (Å²) in [5.74, 6) is 3.10. The molecule has 2 aromatic heterocycles. The van der Waals surface area contributed by atoms with Gasteiger partial charge in [-0.3, -0.25) is 4.79 Å². The van der Waals surface area contributed by atoms with Crippen molar-refractivity contribution in [3.8, 4) is 22.9 Å². The first kappa shape index (κ1) is 17.5. The molecule has 0 atom stereocenters. The second kappa shape index (κ2) is 7.36. The van der Waals surface area contributed by atoms with Crippen molar-refractivity contribution < 1.29 is 18.7 Å². The standard InChI is InChI=1S/C18H18N4O4S/c1-11-13(5-6-24-11)17-20-21-18(22(17)2)27-9-16(23)19-8-12-3-4-14-15(7-12)26-10-25-14/h3-7H,8-10H2,1-2H3,(H,19,23). The van der Waals surface area contributed by atoms with Crippen molar-refractivity contribution in [1.29, 1.82) is 0 Å². The molecule has 0 bridgehead atoms. The molecule has 3 heterocycles. The molecule has 9 heteroatoms. The highest BCUT2D eigenvalue weighted by Crippen LogP contribution is 2.32. The van der Waals surface area contributed by atoms with Crippen LogP contribution in [0.15, 0.2) is 40.1 Å². The van der Waals surface area contributed by atoms with Gasteiger partial charge in [-0.25, -0.2) is 0 Å². The van der Waals surface area contributed by atoms with E-state index in [1.54, 1.807) is 6.26 Å². The smallest absolute Gasteiger partial charge is 0.231 e. The average Bonchev–Trinajstić information content (AvgIpc) is 3.38. The summed E-state index contributed by atoms with van der Waals surface area (Å²) in [6.07, 6.45) is 1.62. The van der Waals surface area contributed by atoms with Crippen molar-refractivity contribution in [1.82, 2.24) is 20.1 Å². The molecule has 1 amide bonds. The summed E-state index contributed by atoms with van der Waals surface area (Å²) in [7, 11) is 1.87. The molecule has 1 aromatic carbocycles. The van der Waals surface area contributed by atoms with Crippen molar-refractivity contribution in [2.75, 3.05) is 12.5 Å². The van der Waals surface area contributed by atoms with Crippen LogP contribution in [0.2, 0.25) is 0 Å². The number of amides is 1. The van der Waals surface area contributed by atoms with Crippen LogP contribution in [0.1, 0.15) is 11.3 Å². The van der Waals surface area contributed by atoms with Crippen molar-refractivity contribution in [2.45, 2.75) is 18.6 Å². The predicted molar refractivity (Wildman–Crippen MR) is 98.6 cm³/mol. The molecule has 0 aliphatic carbocycles. The minimum atomic E-state index is -0.0818. The van der Waals surface area contributed by atoms with Crippen molar-refractivity contribution in [3.05, 3.63) is 41.9 Å². The lowest BCUT2D eigenvalue weighted by molar-refractivity contribution is -0.118. The first-order valence-electron chi connectivity index (χ1n) is 8.33. The maximum atomic E-state index is 12.2. The van der Waals surface area contributed by atoms with Gasteiger partial charge in [-0.15, -0.1) is 10.2 Å². The molecule has 1 N–H and O–H groups in total. The summed E-state index contributed by atoms with van der Waals surface area (Å²) in [6, 6.07) is 7.48. The normalized spacial score (nSPS) is 12.4. The van der Waals surface area contributed by atoms with Crippen LogP contribution < -0.4 is 14.8 Å². The zero-order valence-corrected chi connectivity index (χ0v) is 15.7. The highest BCUT2D eigenvalue weighted by molar-refractivity contribution is 7.99. The number of nitrogens with one attached hydrogen (secondary N) is 1. The fourth-order valence-electron chi connectivity index (χ4n) is 2.72. The fourth-order valence-corrected chi connectivity index (χ4v) is 3.47. The number of aryl methyl sites for hydroxylation is 1. The second-order valence-electron chi connectivity index (χ2n) is 6.01. The molecule has 1 aliphatic heterocycles. The van der Waals surface area contributed by atoms with Crippen LogP contribution >= 0.6 is 11.8 Å². The number of furan rings is 1. The van der Waals surface area contributed by atoms with Crippen LogP contribution in [0.25, 0.3) is 11.4 Å². The Hall–Kier alpha value is -2.94. The van der Waals surface area contributed by atoms with Gasteiger partial charge in [-0.05, 0) is 30.7 Å². The van der Waals surface area contributed by atoms with E-state index in [1.807, 2.05) is 42.8 Å². The molecule has 0 saturated carbocycles. The maximum Gasteiger partial charge on any atom is 0.231 e. The van der Waals surface area contributed by atoms with E-state index < -0.39 is 0 Å². The number of benzene rings is 1. The lowest BCUT2D eigenvalue weighted by Gasteiger charge is -2.06. The van der Waals surface area contributed by atoms with Crippen LogP contribution in [0.5, 0.6) is 11.5 Å². The Balaban J connectivity index is 1.32. The summed E-state index contributed by atoms with van der Waals surface area (Å²) >= 11 is 1.34. The van der Waals surface area contributed by atoms with Gasteiger partial charge in [0.2, 0.25) is 12.7 Å². The third kappa shape index (κ3) is 3.63. The topological polar surface area (TPSA) is 91.4 Å². The Morgan fingerprint density at radius 1 is 1.26 bits per heavy atom. The number of hydrogen-bond donors (Lipinski definition) is 1. The summed E-state index contributed by atoms with van der Waals surface area (Å²) in [4.78, 5) is 12.2. The maximum absolute atomic E-state index is 12.2. The van der Waals surface area contributed by atoms with E-state index in [0.29, 0.717) is 23.3 Å². The number of aromatic nitrogens is 3. The number of thioether (sulfide) groups is 1. The molecule has 4 rings (SSSR count). The monoisotopic (exact) mass is 386 g/mol. The predicted octanol–water partition coefficient (Wildman–Crippen LogP) is 2.52. The third-order valence-electron chi connectivity index (χ3n) is 4.19. The molecule has 1 aliphatic rings. The van der Waals surface area contributed by atoms with Crippen LogP contribution in [-0.2, 0) is 18.4 Å². The van der Waals surface area contributed by atoms with Gasteiger partial charge in [0, 0.05) is 13.6 Å². The fraction of sp³-hybridized carbons (Fsp3) is 0.278. The van der Waals surface area contributed by atoms with Gasteiger partial charge >= 0.3 is 0 Å². The first-order chi connectivity index (χ1) is 13.1. The van der Waals surface area contributed by atoms with Crippen molar-refractivity contribution >= 4 is 17.7 Å². The lowest BCUT2D eigenvalue weighted by atomic mass is 10.2. The van der Waals surface area contributed by atoms with Gasteiger partial charge < -0.3 is 23.8 Å². The number of carbonyl (C=O) groups is 1. The summed E-state index contributed by atoms with van der Waals surface area (Å²) in [5, 5.41) is 11.9. The molecule has 0 spiro atoms. The number of carbonyl (C=O) groups excluding carboxylic acids is 1. The highest BCUT2D eigenvalue weighted by Gasteiger charge is 2.16. The molecule has 8 nitrogen and oxygen atoms in total. The largest absolute Gasteiger partial charge is 0.469 e. The van der Waals surface area contributed by atoms with Gasteiger partial charge in [0.1, 0.15) is 5.76 Å². The highest BCUT2D eigenvalue weighted by atomic mass is 32.2. The minimum Gasteiger partial charge on any atom is -0.469 e. The third-order valence-corrected chi connectivity index (χ3v) is 5.21. The average molecular weight is 386 g/mol. The number of rotatable bonds is 6. The molecule has 3 aromatic rings. The van der Waals surface area contributed by atoms with E-state index in [-0.39, 0.29) is 18.5 Å². The van der Waals surface area contributed by atoms with E-state index in [1.165, 1.54) is 11.8 Å². The Morgan fingerprint density at radius 3 is 2.93 bits per heavy atom. The van der Waals surface area contributed by atoms with Gasteiger partial charge in [0.15, 0.2) is 22.5 Å². The van der Waals surface area contributed by atoms with Crippen LogP contribution in [-0.4, -0.2) is 33.2 Å². The van der Waals surface area contributed by atoms with E-state index >= 15 is 0 Å². The van der Waals surface area contributed by atoms with E-state index in [4.69, 9.17) is 13.9 Å². The Labute approximate surface area is 159 Å². The quantitative estimate of drug-likeness (QED) is 0.651. The summed E-state index contributed by atoms with van der Waals surface area (Å²) in [5.41, 5.74) is 1.85. The van der Waals surface area contributed by atoms with Crippen molar-refractivity contribution in [2.24, 2.45) is 7.05 Å². The molecule has 0 unspecified atom stereocenters. The van der Waals surface area contributed by atoms with Gasteiger partial charge in [-0.1, -0.05) is 17.8 Å². The zero-order valence-electron chi connectivity index (χ0n) is 14.9.